The molecule has 1 N–H and O–H groups in total. The fraction of sp³-hybridized carbons (Fsp3) is 0.444. The van der Waals surface area contributed by atoms with Crippen molar-refractivity contribution in [1.29, 1.82) is 0 Å². The van der Waals surface area contributed by atoms with Crippen molar-refractivity contribution in [2.45, 2.75) is 45.8 Å². The fourth-order valence-corrected chi connectivity index (χ4v) is 6.71. The highest BCUT2D eigenvalue weighted by molar-refractivity contribution is 7.19. The largest absolute Gasteiger partial charge is 0.395 e. The number of imide groups is 1. The second kappa shape index (κ2) is 10.6. The zero-order valence-electron chi connectivity index (χ0n) is 20.7. The number of carbonyl (C=O) groups is 2. The van der Waals surface area contributed by atoms with E-state index in [1.54, 1.807) is 11.3 Å². The van der Waals surface area contributed by atoms with Crippen molar-refractivity contribution in [2.24, 2.45) is 0 Å². The van der Waals surface area contributed by atoms with Gasteiger partial charge in [-0.25, -0.2) is 0 Å². The van der Waals surface area contributed by atoms with E-state index in [-0.39, 0.29) is 18.4 Å². The first-order chi connectivity index (χ1) is 17.3. The summed E-state index contributed by atoms with van der Waals surface area (Å²) in [6.45, 7) is 9.18. The molecule has 190 valence electrons. The number of halogens is 1. The lowest BCUT2D eigenvalue weighted by Gasteiger charge is -2.40. The van der Waals surface area contributed by atoms with Gasteiger partial charge < -0.3 is 5.11 Å². The number of hydrogen-bond acceptors (Lipinski definition) is 7. The van der Waals surface area contributed by atoms with E-state index in [2.05, 4.69) is 28.6 Å². The zero-order chi connectivity index (χ0) is 25.4. The summed E-state index contributed by atoms with van der Waals surface area (Å²) in [6.07, 6.45) is 2.41. The molecule has 0 spiro atoms. The van der Waals surface area contributed by atoms with Crippen LogP contribution in [0.15, 0.2) is 30.5 Å². The Balaban J connectivity index is 1.48. The summed E-state index contributed by atoms with van der Waals surface area (Å²) in [5, 5.41) is 10.0. The third-order valence-electron chi connectivity index (χ3n) is 7.29. The number of aliphatic hydroxyl groups excluding tert-OH is 1. The van der Waals surface area contributed by atoms with Crippen LogP contribution >= 0.6 is 22.9 Å². The number of hydrogen-bond donors (Lipinski definition) is 1. The number of carbonyl (C=O) groups excluding carboxylic acids is 2. The Morgan fingerprint density at radius 2 is 1.89 bits per heavy atom. The van der Waals surface area contributed by atoms with E-state index in [0.29, 0.717) is 37.0 Å². The van der Waals surface area contributed by atoms with Crippen LogP contribution in [0.3, 0.4) is 0 Å². The Bertz CT molecular complexity index is 1290. The van der Waals surface area contributed by atoms with Crippen LogP contribution in [-0.4, -0.2) is 75.4 Å². The van der Waals surface area contributed by atoms with E-state index in [4.69, 9.17) is 11.6 Å². The lowest BCUT2D eigenvalue weighted by molar-refractivity contribution is -0.138. The van der Waals surface area contributed by atoms with E-state index < -0.39 is 0 Å². The Morgan fingerprint density at radius 3 is 2.61 bits per heavy atom. The number of β-amino-alcohol motifs (C(OH)–C–C–N with tert-alkyl or cyclic N) is 1. The number of nitrogens with zero attached hydrogens (tertiary/aromatic N) is 4. The molecule has 3 aromatic rings. The van der Waals surface area contributed by atoms with Crippen molar-refractivity contribution in [1.82, 2.24) is 19.7 Å². The summed E-state index contributed by atoms with van der Waals surface area (Å²) in [5.41, 5.74) is 5.43. The molecule has 2 aromatic heterocycles. The first kappa shape index (κ1) is 25.3. The van der Waals surface area contributed by atoms with Gasteiger partial charge in [0, 0.05) is 73.3 Å². The second-order valence-corrected chi connectivity index (χ2v) is 11.3. The molecular weight excluding hydrogens is 496 g/mol. The van der Waals surface area contributed by atoms with Gasteiger partial charge in [0.2, 0.25) is 11.8 Å². The Kier molecular flexibility index (Phi) is 7.42. The van der Waals surface area contributed by atoms with E-state index in [0.717, 1.165) is 58.0 Å². The molecule has 2 amide bonds. The highest BCUT2D eigenvalue weighted by Crippen LogP contribution is 2.39. The van der Waals surface area contributed by atoms with Crippen molar-refractivity contribution in [3.05, 3.63) is 51.5 Å². The second-order valence-electron chi connectivity index (χ2n) is 9.75. The first-order valence-electron chi connectivity index (χ1n) is 12.4. The number of aliphatic hydroxyl groups is 1. The normalized spacial score (nSPS) is 19.7. The topological polar surface area (TPSA) is 77.0 Å². The standard InChI is InChI=1S/C27H31ClN4O3S/c1-17-11-19(28)12-22(23(17)16-31-8-7-30(9-10-33)14-18(31)2)21-5-6-29-24-13-20(36-27(21)24)15-32-25(34)3-4-26(32)35/h5-6,11-13,18,33H,3-4,7-10,14-16H2,1-2H3. The van der Waals surface area contributed by atoms with Gasteiger partial charge in [0.25, 0.3) is 0 Å². The zero-order valence-corrected chi connectivity index (χ0v) is 22.2. The Hall–Kier alpha value is -2.36. The SMILES string of the molecule is Cc1cc(Cl)cc(-c2ccnc3cc(CN4C(=O)CCC4=O)sc23)c1CN1CCN(CCO)CC1C. The number of piperazine rings is 1. The van der Waals surface area contributed by atoms with Crippen LogP contribution in [0, 0.1) is 6.92 Å². The lowest BCUT2D eigenvalue weighted by Crippen LogP contribution is -2.52. The third kappa shape index (κ3) is 5.06. The van der Waals surface area contributed by atoms with Crippen LogP contribution < -0.4 is 0 Å². The minimum atomic E-state index is -0.105. The van der Waals surface area contributed by atoms with Crippen LogP contribution in [0.2, 0.25) is 5.02 Å². The van der Waals surface area contributed by atoms with Crippen molar-refractivity contribution < 1.29 is 14.7 Å². The molecule has 2 fully saturated rings. The van der Waals surface area contributed by atoms with Crippen molar-refractivity contribution in [2.75, 3.05) is 32.8 Å². The quantitative estimate of drug-likeness (QED) is 0.468. The van der Waals surface area contributed by atoms with Crippen LogP contribution in [0.4, 0.5) is 0 Å². The molecule has 36 heavy (non-hydrogen) atoms. The lowest BCUT2D eigenvalue weighted by atomic mass is 9.95. The molecule has 0 radical (unpaired) electrons. The third-order valence-corrected chi connectivity index (χ3v) is 8.65. The number of aryl methyl sites for hydroxylation is 1. The highest BCUT2D eigenvalue weighted by Gasteiger charge is 2.30. The van der Waals surface area contributed by atoms with Crippen LogP contribution in [0.1, 0.15) is 35.8 Å². The maximum atomic E-state index is 12.1. The number of fused-ring (bicyclic) bond motifs is 1. The van der Waals surface area contributed by atoms with Gasteiger partial charge in [-0.2, -0.15) is 0 Å². The van der Waals surface area contributed by atoms with Crippen LogP contribution in [-0.2, 0) is 22.7 Å². The molecule has 0 aliphatic carbocycles. The summed E-state index contributed by atoms with van der Waals surface area (Å²) < 4.78 is 1.04. The number of amides is 2. The maximum absolute atomic E-state index is 12.1. The smallest absolute Gasteiger partial charge is 0.230 e. The monoisotopic (exact) mass is 526 g/mol. The molecule has 0 bridgehead atoms. The molecule has 2 saturated heterocycles. The fourth-order valence-electron chi connectivity index (χ4n) is 5.31. The molecule has 2 aliphatic rings. The van der Waals surface area contributed by atoms with Gasteiger partial charge in [0.05, 0.1) is 23.4 Å². The first-order valence-corrected chi connectivity index (χ1v) is 13.6. The Labute approximate surface area is 220 Å². The van der Waals surface area contributed by atoms with E-state index >= 15 is 0 Å². The molecule has 2 aliphatic heterocycles. The number of benzene rings is 1. The molecule has 9 heteroatoms. The van der Waals surface area contributed by atoms with Crippen molar-refractivity contribution in [3.8, 4) is 11.1 Å². The summed E-state index contributed by atoms with van der Waals surface area (Å²) >= 11 is 8.15. The van der Waals surface area contributed by atoms with Crippen LogP contribution in [0.25, 0.3) is 21.3 Å². The van der Waals surface area contributed by atoms with Gasteiger partial charge in [-0.1, -0.05) is 11.6 Å². The molecule has 7 nitrogen and oxygen atoms in total. The van der Waals surface area contributed by atoms with Gasteiger partial charge >= 0.3 is 0 Å². The number of thiophene rings is 1. The van der Waals surface area contributed by atoms with Crippen LogP contribution in [0.5, 0.6) is 0 Å². The van der Waals surface area contributed by atoms with E-state index in [1.807, 2.05) is 30.5 Å². The van der Waals surface area contributed by atoms with Gasteiger partial charge in [-0.15, -0.1) is 11.3 Å². The minimum Gasteiger partial charge on any atom is -0.395 e. The van der Waals surface area contributed by atoms with Crippen molar-refractivity contribution in [3.63, 3.8) is 0 Å². The minimum absolute atomic E-state index is 0.105. The predicted molar refractivity (Wildman–Crippen MR) is 143 cm³/mol. The summed E-state index contributed by atoms with van der Waals surface area (Å²) in [5.74, 6) is -0.210. The number of pyridine rings is 1. The molecular formula is C27H31ClN4O3S. The van der Waals surface area contributed by atoms with Gasteiger partial charge in [-0.05, 0) is 54.8 Å². The summed E-state index contributed by atoms with van der Waals surface area (Å²) in [4.78, 5) is 36.0. The molecule has 1 unspecified atom stereocenters. The van der Waals surface area contributed by atoms with Gasteiger partial charge in [-0.3, -0.25) is 29.3 Å². The van der Waals surface area contributed by atoms with Crippen molar-refractivity contribution >= 4 is 45.0 Å². The molecule has 4 heterocycles. The van der Waals surface area contributed by atoms with Gasteiger partial charge in [0.1, 0.15) is 0 Å². The summed E-state index contributed by atoms with van der Waals surface area (Å²) in [6, 6.07) is 8.46. The number of rotatable bonds is 7. The van der Waals surface area contributed by atoms with E-state index in [1.165, 1.54) is 10.5 Å². The average molecular weight is 527 g/mol. The molecule has 1 atom stereocenters. The maximum Gasteiger partial charge on any atom is 0.230 e. The highest BCUT2D eigenvalue weighted by atomic mass is 35.5. The average Bonchev–Trinajstić information content (AvgIpc) is 3.40. The summed E-state index contributed by atoms with van der Waals surface area (Å²) in [7, 11) is 0. The molecule has 0 saturated carbocycles. The Morgan fingerprint density at radius 1 is 1.11 bits per heavy atom. The van der Waals surface area contributed by atoms with E-state index in [9.17, 15) is 14.7 Å². The molecule has 5 rings (SSSR count). The number of aromatic nitrogens is 1. The van der Waals surface area contributed by atoms with Gasteiger partial charge in [0.15, 0.2) is 0 Å². The molecule has 1 aromatic carbocycles. The predicted octanol–water partition coefficient (Wildman–Crippen LogP) is 4.07. The number of likely N-dealkylation sites (tertiary alicyclic amines) is 1.